The highest BCUT2D eigenvalue weighted by Crippen LogP contribution is 2.47. The second kappa shape index (κ2) is 44.5. The number of fused-ring (bicyclic) bond motifs is 30. The lowest BCUT2D eigenvalue weighted by Gasteiger charge is -2.53. The van der Waals surface area contributed by atoms with E-state index in [9.17, 15) is 34.2 Å². The van der Waals surface area contributed by atoms with Gasteiger partial charge in [0, 0.05) is 151 Å². The number of hydrogen-bond acceptors (Lipinski definition) is 9. The third-order valence-corrected chi connectivity index (χ3v) is 39.2. The summed E-state index contributed by atoms with van der Waals surface area (Å²) in [5, 5.41) is 38.1. The standard InChI is InChI=1S/C16H22N2O.C15H20NO2.C14H20N.C13H24N2O.C12H22N2O.C9H15N2O.C9H15N2.C8H16NO.C8H14NO.C8H16N/c1-18-9-7-14(8-10-18)15(12-18)17-16(19)11-13-5-3-2-4-6-13;1-16-9-7-12(8-10-16)14(11-16)18-15(17)13-5-3-2-4-6-13;1-15-10-7-14(8-11-15,9-12-15)13-5-3-2-4-6-13;1-3-4-5-13(16)14-12-10-15(2)8-6-11(12)7-9-15;1-3-4-12(15)13-11-9-14(2)7-5-10(11)6-8-14;1-11-4-2-8(3-5-11)9(12,6-10)7-11;1-10-9-3-6-11(2,7-4-9)8-5-9;2*1-9-4-2-7(3-5-9)8(10)6-9;1-9-5-2-8(3-6-9)4-7-9/h2-6,14-15H,7-12H2,1H3;2-6,12,14H,7-11H2,1H3;2-6H,7-12H2,1H3;11-12H,3-10H2,1-2H3;10-11H,3-9H2,1-2H3;8,12H,2-5,7H2,1H3;3-8H2,2H3;7-8,10H,2-6H2,1H3;7H,2-6H2,1H3;8H,2-7H2,1H3/q;2*+1;;;5*+1/p+3. The third kappa shape index (κ3) is 27.5. The Kier molecular flexibility index (Phi) is 34.4. The molecular formula is C112H187N15O8+10. The summed E-state index contributed by atoms with van der Waals surface area (Å²) in [5.74, 6) is 6.29. The number of nitrogens with zero attached hydrogens (tertiary/aromatic N) is 12. The van der Waals surface area contributed by atoms with E-state index in [1.54, 1.807) is 5.56 Å². The zero-order valence-electron chi connectivity index (χ0n) is 86.6. The Hall–Kier alpha value is -6.29. The monoisotopic (exact) mass is 1870 g/mol. The average Bonchev–Trinajstić information content (AvgIpc) is 0.745. The highest BCUT2D eigenvalue weighted by Gasteiger charge is 2.56. The first kappa shape index (κ1) is 105. The van der Waals surface area contributed by atoms with Crippen molar-refractivity contribution < 1.29 is 83.8 Å². The molecule has 23 nitrogen and oxygen atoms in total. The van der Waals surface area contributed by atoms with Gasteiger partial charge in [0.2, 0.25) is 28.9 Å². The quantitative estimate of drug-likeness (QED) is 0.0478. The van der Waals surface area contributed by atoms with Crippen LogP contribution in [0.5, 0.6) is 0 Å². The predicted octanol–water partition coefficient (Wildman–Crippen LogP) is 12.2. The van der Waals surface area contributed by atoms with E-state index >= 15 is 0 Å². The van der Waals surface area contributed by atoms with Gasteiger partial charge in [-0.3, -0.25) is 19.2 Å². The van der Waals surface area contributed by atoms with Crippen molar-refractivity contribution >= 4 is 29.5 Å². The Morgan fingerprint density at radius 1 is 0.430 bits per heavy atom. The number of ketones is 1. The van der Waals surface area contributed by atoms with Crippen molar-refractivity contribution in [3.8, 4) is 6.07 Å². The molecule has 30 aliphatic rings. The SMILES string of the molecule is CCCC(=O)NC1C[N+]2(C)CCC1CC2.CCCCC(=O)NC1C[N+]2(C)CCC1CC2.C[N+]12CCC(CC1)C(=O)C2.C[N+]12CCC(CC1)C(NC(=O)Cc1ccccc1)C2.C[N+]12CCC(CC1)C(O)(C#N)C2.C[N+]12CCC(CC1)C(O)C2.C[N+]12CCC(CC1)C(OC(=O)c1ccccc1)C2.C[N+]12CCC(CC1)CC2.C[N+]12CCC(c3ccccc3)(CC1)CC2.[C-]#[N+]C12CC[N+](C)(CC1)CC2. The molecule has 3 aromatic carbocycles. The molecule has 6 unspecified atom stereocenters. The maximum Gasteiger partial charge on any atom is 0.338 e. The summed E-state index contributed by atoms with van der Waals surface area (Å²) in [5.41, 5.74) is 2.95. The Morgan fingerprint density at radius 3 is 1.16 bits per heavy atom. The van der Waals surface area contributed by atoms with Crippen molar-refractivity contribution in [1.82, 2.24) is 16.0 Å². The number of likely N-dealkylation sites (N-methyl/N-ethyl adjacent to an activating group) is 7. The normalized spacial score (nSPS) is 41.6. The van der Waals surface area contributed by atoms with E-state index in [4.69, 9.17) is 16.6 Å². The largest absolute Gasteiger partial charge is 0.452 e. The number of aliphatic hydroxyl groups is 2. The van der Waals surface area contributed by atoms with Gasteiger partial charge in [-0.25, -0.2) is 11.4 Å². The van der Waals surface area contributed by atoms with Crippen LogP contribution in [0.2, 0.25) is 0 Å². The van der Waals surface area contributed by atoms with Crippen molar-refractivity contribution in [2.45, 2.75) is 247 Å². The molecule has 0 radical (unpaired) electrons. The first-order valence-corrected chi connectivity index (χ1v) is 54.6. The number of hydrogen-bond donors (Lipinski definition) is 5. The maximum atomic E-state index is 12.1. The van der Waals surface area contributed by atoms with Gasteiger partial charge >= 0.3 is 5.97 Å². The van der Waals surface area contributed by atoms with Crippen LogP contribution in [-0.2, 0) is 35.8 Å². The fourth-order valence-corrected chi connectivity index (χ4v) is 28.3. The molecular weight excluding hydrogens is 1680 g/mol. The molecule has 3 amide bonds. The lowest BCUT2D eigenvalue weighted by molar-refractivity contribution is -0.931. The predicted molar refractivity (Wildman–Crippen MR) is 537 cm³/mol. The minimum absolute atomic E-state index is 0.00694. The first-order chi connectivity index (χ1) is 64.2. The number of ether oxygens (including phenoxy) is 1. The number of quaternary nitrogens is 10. The summed E-state index contributed by atoms with van der Waals surface area (Å²) >= 11 is 0. The van der Waals surface area contributed by atoms with E-state index in [2.05, 4.69) is 142 Å². The summed E-state index contributed by atoms with van der Waals surface area (Å²) in [7, 11) is 23.0. The number of unbranched alkanes of at least 4 members (excludes halogenated alkanes) is 1. The molecule has 0 spiro atoms. The van der Waals surface area contributed by atoms with E-state index in [0.29, 0.717) is 84.4 Å². The summed E-state index contributed by atoms with van der Waals surface area (Å²) in [6.07, 6.45) is 34.2. The van der Waals surface area contributed by atoms with Gasteiger partial charge in [-0.2, -0.15) is 5.26 Å². The number of carbonyl (C=O) groups is 5. The number of amides is 3. The van der Waals surface area contributed by atoms with Crippen molar-refractivity contribution in [2.24, 2.45) is 47.3 Å². The lowest BCUT2D eigenvalue weighted by atomic mass is 9.67. The van der Waals surface area contributed by atoms with Gasteiger partial charge < -0.3 is 80.6 Å². The smallest absolute Gasteiger partial charge is 0.338 e. The van der Waals surface area contributed by atoms with Crippen LogP contribution in [0.25, 0.3) is 4.85 Å². The van der Waals surface area contributed by atoms with Gasteiger partial charge in [0.25, 0.3) is 0 Å². The maximum absolute atomic E-state index is 12.1. The summed E-state index contributed by atoms with van der Waals surface area (Å²) in [6.45, 7) is 48.1. The molecule has 30 fully saturated rings. The number of piperidine rings is 30. The highest BCUT2D eigenvalue weighted by atomic mass is 16.5. The van der Waals surface area contributed by atoms with E-state index in [1.165, 1.54) is 263 Å². The molecule has 30 saturated heterocycles. The van der Waals surface area contributed by atoms with Crippen molar-refractivity contribution in [2.75, 3.05) is 267 Å². The van der Waals surface area contributed by atoms with Gasteiger partial charge in [-0.15, -0.1) is 0 Å². The number of carbonyl (C=O) groups excluding carboxylic acids is 5. The van der Waals surface area contributed by atoms with Crippen LogP contribution in [0.15, 0.2) is 91.0 Å². The highest BCUT2D eigenvalue weighted by molar-refractivity contribution is 5.89. The van der Waals surface area contributed by atoms with Crippen LogP contribution in [-0.4, -0.2) is 393 Å². The molecule has 6 atom stereocenters. The molecule has 0 aromatic heterocycles. The van der Waals surface area contributed by atoms with Gasteiger partial charge in [-0.05, 0) is 79.0 Å². The Bertz CT molecular complexity index is 4350. The fraction of sp³-hybridized carbons (Fsp3) is 0.777. The minimum atomic E-state index is -1.02. The van der Waals surface area contributed by atoms with Crippen LogP contribution in [0.1, 0.15) is 215 Å². The van der Waals surface area contributed by atoms with Crippen LogP contribution >= 0.6 is 0 Å². The molecule has 3 aromatic rings. The van der Waals surface area contributed by atoms with Crippen LogP contribution in [0, 0.1) is 65.2 Å². The lowest BCUT2D eigenvalue weighted by Crippen LogP contribution is -2.66. The van der Waals surface area contributed by atoms with Crippen LogP contribution in [0.4, 0.5) is 0 Å². The number of rotatable bonds is 13. The number of benzene rings is 3. The molecule has 23 heteroatoms. The molecule has 0 aliphatic carbocycles. The van der Waals surface area contributed by atoms with Crippen LogP contribution in [0.3, 0.4) is 0 Å². The van der Waals surface area contributed by atoms with Crippen molar-refractivity contribution in [3.63, 3.8) is 0 Å². The van der Waals surface area contributed by atoms with Gasteiger partial charge in [0.05, 0.1) is 290 Å². The van der Waals surface area contributed by atoms with E-state index in [1.807, 2.05) is 60.7 Å². The number of Topliss-reactive ketones (excluding diaryl/α,β-unsaturated/α-hetero) is 1. The third-order valence-electron chi connectivity index (χ3n) is 39.2. The second-order valence-corrected chi connectivity index (χ2v) is 50.4. The van der Waals surface area contributed by atoms with Gasteiger partial charge in [-0.1, -0.05) is 99.1 Å². The Labute approximate surface area is 816 Å². The summed E-state index contributed by atoms with van der Waals surface area (Å²) in [4.78, 5) is 62.6. The molecule has 20 bridgehead atoms. The molecule has 33 rings (SSSR count). The topological polar surface area (TPSA) is 199 Å². The number of aliphatic hydroxyl groups excluding tert-OH is 1. The zero-order chi connectivity index (χ0) is 96.2. The van der Waals surface area contributed by atoms with E-state index in [-0.39, 0.29) is 47.4 Å². The van der Waals surface area contributed by atoms with E-state index in [0.717, 1.165) is 162 Å². The van der Waals surface area contributed by atoms with Crippen molar-refractivity contribution in [3.05, 3.63) is 119 Å². The van der Waals surface area contributed by atoms with Crippen LogP contribution < -0.4 is 16.0 Å². The van der Waals surface area contributed by atoms with Gasteiger partial charge in [0.1, 0.15) is 38.4 Å². The Morgan fingerprint density at radius 2 is 0.807 bits per heavy atom. The summed E-state index contributed by atoms with van der Waals surface area (Å²) < 4.78 is 17.3. The molecule has 0 saturated carbocycles. The molecule has 135 heavy (non-hydrogen) atoms. The zero-order valence-corrected chi connectivity index (χ0v) is 86.6. The van der Waals surface area contributed by atoms with Gasteiger partial charge in [0.15, 0.2) is 11.9 Å². The number of nitrogens with one attached hydrogen (secondary N) is 3. The summed E-state index contributed by atoms with van der Waals surface area (Å²) in [6, 6.07) is 33.9. The first-order valence-electron chi connectivity index (χ1n) is 54.6. The Balaban J connectivity index is 0.000000121. The van der Waals surface area contributed by atoms with Crippen molar-refractivity contribution in [1.29, 1.82) is 5.26 Å². The molecule has 30 aliphatic heterocycles. The second-order valence-electron chi connectivity index (χ2n) is 50.4. The molecule has 30 heterocycles. The average molecular weight is 1870 g/mol. The minimum Gasteiger partial charge on any atom is -0.452 e. The fourth-order valence-electron chi connectivity index (χ4n) is 28.3. The number of esters is 1. The van der Waals surface area contributed by atoms with E-state index < -0.39 is 5.60 Å². The number of nitriles is 1. The molecule has 5 N–H and O–H groups in total. The molecule has 748 valence electrons.